The van der Waals surface area contributed by atoms with Crippen LogP contribution in [0.2, 0.25) is 0 Å². The Balaban J connectivity index is 2.11. The molecule has 0 radical (unpaired) electrons. The second-order valence-electron chi connectivity index (χ2n) is 4.18. The fourth-order valence-corrected chi connectivity index (χ4v) is 2.02. The molecule has 1 aromatic carbocycles. The van der Waals surface area contributed by atoms with Crippen LogP contribution in [0.5, 0.6) is 0 Å². The molecule has 0 saturated carbocycles. The molecule has 3 aromatic rings. The van der Waals surface area contributed by atoms with Crippen LogP contribution in [0.1, 0.15) is 11.5 Å². The van der Waals surface area contributed by atoms with Gasteiger partial charge in [0.05, 0.1) is 12.1 Å². The van der Waals surface area contributed by atoms with Crippen molar-refractivity contribution in [1.82, 2.24) is 9.55 Å². The number of nitrogens with zero attached hydrogens (tertiary/aromatic N) is 2. The van der Waals surface area contributed by atoms with E-state index in [0.29, 0.717) is 17.6 Å². The molecule has 2 aromatic heterocycles. The molecule has 0 amide bonds. The lowest BCUT2D eigenvalue weighted by molar-refractivity contribution is 0.473. The monoisotopic (exact) mass is 245 g/mol. The zero-order valence-electron chi connectivity index (χ0n) is 9.85. The summed E-state index contributed by atoms with van der Waals surface area (Å²) in [5.41, 5.74) is 6.78. The third-order valence-corrected chi connectivity index (χ3v) is 2.87. The van der Waals surface area contributed by atoms with Crippen molar-refractivity contribution in [2.75, 3.05) is 5.73 Å². The molecule has 2 heterocycles. The quantitative estimate of drug-likeness (QED) is 0.755. The first-order chi connectivity index (χ1) is 8.65. The normalized spacial score (nSPS) is 11.2. The minimum Gasteiger partial charge on any atom is -0.464 e. The van der Waals surface area contributed by atoms with Gasteiger partial charge in [-0.3, -0.25) is 0 Å². The molecule has 0 unspecified atom stereocenters. The summed E-state index contributed by atoms with van der Waals surface area (Å²) in [5, 5.41) is 0. The van der Waals surface area contributed by atoms with E-state index in [2.05, 4.69) is 4.98 Å². The SMILES string of the molecule is Cc1ccc(Cn2c(N)nc3c(F)cccc32)o1. The van der Waals surface area contributed by atoms with Crippen LogP contribution in [-0.4, -0.2) is 9.55 Å². The number of hydrogen-bond acceptors (Lipinski definition) is 3. The van der Waals surface area contributed by atoms with Crippen LogP contribution in [0.25, 0.3) is 11.0 Å². The van der Waals surface area contributed by atoms with Gasteiger partial charge in [0.2, 0.25) is 5.95 Å². The molecular formula is C13H12FN3O. The number of nitrogen functional groups attached to an aromatic ring is 1. The topological polar surface area (TPSA) is 57.0 Å². The summed E-state index contributed by atoms with van der Waals surface area (Å²) in [6, 6.07) is 8.56. The average molecular weight is 245 g/mol. The first-order valence-electron chi connectivity index (χ1n) is 5.60. The molecule has 2 N–H and O–H groups in total. The molecule has 92 valence electrons. The van der Waals surface area contributed by atoms with Crippen molar-refractivity contribution < 1.29 is 8.81 Å². The van der Waals surface area contributed by atoms with Crippen molar-refractivity contribution in [3.63, 3.8) is 0 Å². The van der Waals surface area contributed by atoms with Crippen LogP contribution in [0.4, 0.5) is 10.3 Å². The highest BCUT2D eigenvalue weighted by Gasteiger charge is 2.12. The number of furan rings is 1. The number of fused-ring (bicyclic) bond motifs is 1. The largest absolute Gasteiger partial charge is 0.464 e. The first kappa shape index (κ1) is 10.8. The van der Waals surface area contributed by atoms with Gasteiger partial charge in [-0.15, -0.1) is 0 Å². The minimum atomic E-state index is -0.367. The number of para-hydroxylation sites is 1. The Hall–Kier alpha value is -2.30. The Morgan fingerprint density at radius 2 is 2.17 bits per heavy atom. The molecule has 3 rings (SSSR count). The zero-order valence-corrected chi connectivity index (χ0v) is 9.85. The fourth-order valence-electron chi connectivity index (χ4n) is 2.02. The summed E-state index contributed by atoms with van der Waals surface area (Å²) >= 11 is 0. The number of anilines is 1. The molecule has 0 atom stereocenters. The van der Waals surface area contributed by atoms with Crippen LogP contribution in [0.3, 0.4) is 0 Å². The Kier molecular flexibility index (Phi) is 2.33. The molecule has 0 saturated heterocycles. The molecule has 0 aliphatic rings. The second kappa shape index (κ2) is 3.87. The van der Waals surface area contributed by atoms with Crippen molar-refractivity contribution in [2.45, 2.75) is 13.5 Å². The fraction of sp³-hybridized carbons (Fsp3) is 0.154. The minimum absolute atomic E-state index is 0.282. The highest BCUT2D eigenvalue weighted by molar-refractivity contribution is 5.78. The lowest BCUT2D eigenvalue weighted by Gasteiger charge is -2.03. The highest BCUT2D eigenvalue weighted by atomic mass is 19.1. The first-order valence-corrected chi connectivity index (χ1v) is 5.60. The lowest BCUT2D eigenvalue weighted by atomic mass is 10.3. The molecule has 4 nitrogen and oxygen atoms in total. The van der Waals surface area contributed by atoms with E-state index in [1.165, 1.54) is 6.07 Å². The summed E-state index contributed by atoms with van der Waals surface area (Å²) in [4.78, 5) is 4.04. The van der Waals surface area contributed by atoms with E-state index in [9.17, 15) is 4.39 Å². The van der Waals surface area contributed by atoms with E-state index in [0.717, 1.165) is 11.5 Å². The van der Waals surface area contributed by atoms with Gasteiger partial charge < -0.3 is 14.7 Å². The van der Waals surface area contributed by atoms with Crippen LogP contribution in [0, 0.1) is 12.7 Å². The summed E-state index contributed by atoms with van der Waals surface area (Å²) in [5.74, 6) is 1.51. The molecule has 0 aliphatic carbocycles. The molecule has 0 aliphatic heterocycles. The van der Waals surface area contributed by atoms with Gasteiger partial charge in [-0.1, -0.05) is 6.07 Å². The van der Waals surface area contributed by atoms with E-state index in [1.54, 1.807) is 16.7 Å². The number of aryl methyl sites for hydroxylation is 1. The zero-order chi connectivity index (χ0) is 12.7. The van der Waals surface area contributed by atoms with Crippen LogP contribution in [-0.2, 0) is 6.54 Å². The van der Waals surface area contributed by atoms with Gasteiger partial charge in [-0.25, -0.2) is 9.37 Å². The molecule has 5 heteroatoms. The Morgan fingerprint density at radius 1 is 1.33 bits per heavy atom. The molecule has 0 spiro atoms. The number of rotatable bonds is 2. The van der Waals surface area contributed by atoms with Crippen molar-refractivity contribution >= 4 is 17.0 Å². The summed E-state index contributed by atoms with van der Waals surface area (Å²) < 4.78 is 20.8. The summed E-state index contributed by atoms with van der Waals surface area (Å²) in [7, 11) is 0. The molecule has 18 heavy (non-hydrogen) atoms. The van der Waals surface area contributed by atoms with E-state index >= 15 is 0 Å². The third kappa shape index (κ3) is 1.64. The van der Waals surface area contributed by atoms with Crippen molar-refractivity contribution in [2.24, 2.45) is 0 Å². The van der Waals surface area contributed by atoms with E-state index in [-0.39, 0.29) is 11.8 Å². The van der Waals surface area contributed by atoms with Gasteiger partial charge in [0.15, 0.2) is 5.82 Å². The van der Waals surface area contributed by atoms with Crippen molar-refractivity contribution in [3.05, 3.63) is 47.7 Å². The maximum atomic E-state index is 13.6. The predicted molar refractivity (Wildman–Crippen MR) is 66.7 cm³/mol. The number of halogens is 1. The Labute approximate surface area is 103 Å². The third-order valence-electron chi connectivity index (χ3n) is 2.87. The van der Waals surface area contributed by atoms with Gasteiger partial charge in [0.1, 0.15) is 17.0 Å². The summed E-state index contributed by atoms with van der Waals surface area (Å²) in [6.45, 7) is 2.32. The van der Waals surface area contributed by atoms with Crippen LogP contribution >= 0.6 is 0 Å². The number of aromatic nitrogens is 2. The molecule has 0 bridgehead atoms. The average Bonchev–Trinajstić information content (AvgIpc) is 2.87. The van der Waals surface area contributed by atoms with Gasteiger partial charge >= 0.3 is 0 Å². The highest BCUT2D eigenvalue weighted by Crippen LogP contribution is 2.22. The van der Waals surface area contributed by atoms with E-state index in [1.807, 2.05) is 19.1 Å². The lowest BCUT2D eigenvalue weighted by Crippen LogP contribution is -2.03. The molecular weight excluding hydrogens is 233 g/mol. The van der Waals surface area contributed by atoms with Gasteiger partial charge in [0, 0.05) is 0 Å². The number of benzene rings is 1. The van der Waals surface area contributed by atoms with Crippen LogP contribution < -0.4 is 5.73 Å². The van der Waals surface area contributed by atoms with E-state index in [4.69, 9.17) is 10.2 Å². The van der Waals surface area contributed by atoms with Crippen LogP contribution in [0.15, 0.2) is 34.7 Å². The number of nitrogens with two attached hydrogens (primary N) is 1. The second-order valence-corrected chi connectivity index (χ2v) is 4.18. The van der Waals surface area contributed by atoms with E-state index < -0.39 is 0 Å². The van der Waals surface area contributed by atoms with Gasteiger partial charge in [0.25, 0.3) is 0 Å². The maximum absolute atomic E-state index is 13.6. The van der Waals surface area contributed by atoms with Crippen molar-refractivity contribution in [3.8, 4) is 0 Å². The number of imidazole rings is 1. The summed E-state index contributed by atoms with van der Waals surface area (Å²) in [6.07, 6.45) is 0. The van der Waals surface area contributed by atoms with Gasteiger partial charge in [-0.2, -0.15) is 0 Å². The maximum Gasteiger partial charge on any atom is 0.201 e. The Bertz CT molecular complexity index is 714. The van der Waals surface area contributed by atoms with Crippen molar-refractivity contribution in [1.29, 1.82) is 0 Å². The Morgan fingerprint density at radius 3 is 2.89 bits per heavy atom. The standard InChI is InChI=1S/C13H12FN3O/c1-8-5-6-9(18-8)7-17-11-4-2-3-10(14)12(11)16-13(17)15/h2-6H,7H2,1H3,(H2,15,16). The smallest absolute Gasteiger partial charge is 0.201 e. The molecule has 0 fully saturated rings. The van der Waals surface area contributed by atoms with Gasteiger partial charge in [-0.05, 0) is 31.2 Å². The predicted octanol–water partition coefficient (Wildman–Crippen LogP) is 2.71. The number of hydrogen-bond donors (Lipinski definition) is 1.